The molecule has 0 aliphatic carbocycles. The summed E-state index contributed by atoms with van der Waals surface area (Å²) in [6.45, 7) is 3.13. The highest BCUT2D eigenvalue weighted by Crippen LogP contribution is 2.16. The number of H-pyrrole nitrogens is 1. The Morgan fingerprint density at radius 3 is 2.79 bits per heavy atom. The maximum absolute atomic E-state index is 12.2. The lowest BCUT2D eigenvalue weighted by Crippen LogP contribution is -2.36. The van der Waals surface area contributed by atoms with Crippen molar-refractivity contribution in [2.45, 2.75) is 19.3 Å². The molecule has 3 aromatic rings. The Morgan fingerprint density at radius 2 is 2.00 bits per heavy atom. The third-order valence-corrected chi connectivity index (χ3v) is 4.87. The van der Waals surface area contributed by atoms with Gasteiger partial charge in [0.25, 0.3) is 5.56 Å². The van der Waals surface area contributed by atoms with Gasteiger partial charge in [-0.15, -0.1) is 0 Å². The smallest absolute Gasteiger partial charge is 0.258 e. The maximum atomic E-state index is 12.2. The molecular formula is C21H23N5O3. The van der Waals surface area contributed by atoms with Crippen molar-refractivity contribution in [3.8, 4) is 0 Å². The van der Waals surface area contributed by atoms with Gasteiger partial charge in [-0.1, -0.05) is 12.1 Å². The largest absolute Gasteiger partial charge is 0.378 e. The molecule has 8 nitrogen and oxygen atoms in total. The van der Waals surface area contributed by atoms with Crippen LogP contribution in [0.5, 0.6) is 0 Å². The van der Waals surface area contributed by atoms with Crippen LogP contribution in [0.1, 0.15) is 18.7 Å². The number of aryl methyl sites for hydroxylation is 1. The van der Waals surface area contributed by atoms with E-state index in [0.717, 1.165) is 32.0 Å². The molecule has 1 amide bonds. The van der Waals surface area contributed by atoms with Crippen LogP contribution in [0.4, 0.5) is 11.5 Å². The Morgan fingerprint density at radius 1 is 1.17 bits per heavy atom. The Bertz CT molecular complexity index is 1040. The highest BCUT2D eigenvalue weighted by atomic mass is 16.5. The second-order valence-electron chi connectivity index (χ2n) is 6.93. The molecule has 1 aromatic carbocycles. The van der Waals surface area contributed by atoms with Crippen LogP contribution in [-0.2, 0) is 16.0 Å². The van der Waals surface area contributed by atoms with Crippen molar-refractivity contribution in [2.24, 2.45) is 0 Å². The van der Waals surface area contributed by atoms with E-state index in [4.69, 9.17) is 4.74 Å². The number of aromatic nitrogens is 3. The summed E-state index contributed by atoms with van der Waals surface area (Å²) in [6, 6.07) is 11.0. The summed E-state index contributed by atoms with van der Waals surface area (Å²) < 4.78 is 5.35. The van der Waals surface area contributed by atoms with Crippen molar-refractivity contribution in [3.05, 3.63) is 58.8 Å². The lowest BCUT2D eigenvalue weighted by molar-refractivity contribution is -0.116. The molecule has 0 spiro atoms. The number of para-hydroxylation sites is 1. The first-order valence-corrected chi connectivity index (χ1v) is 9.75. The highest BCUT2D eigenvalue weighted by molar-refractivity contribution is 5.89. The Hall–Kier alpha value is -3.26. The van der Waals surface area contributed by atoms with Crippen molar-refractivity contribution in [2.75, 3.05) is 36.5 Å². The van der Waals surface area contributed by atoms with E-state index in [0.29, 0.717) is 41.8 Å². The summed E-state index contributed by atoms with van der Waals surface area (Å²) in [4.78, 5) is 38.1. The molecule has 3 heterocycles. The Labute approximate surface area is 167 Å². The number of carbonyl (C=O) groups is 1. The topological polar surface area (TPSA) is 100 Å². The molecule has 2 aromatic heterocycles. The maximum Gasteiger partial charge on any atom is 0.258 e. The van der Waals surface area contributed by atoms with Gasteiger partial charge in [0.2, 0.25) is 5.91 Å². The minimum absolute atomic E-state index is 0.111. The van der Waals surface area contributed by atoms with Crippen molar-refractivity contribution in [1.29, 1.82) is 0 Å². The molecule has 0 saturated carbocycles. The monoisotopic (exact) mass is 393 g/mol. The van der Waals surface area contributed by atoms with Gasteiger partial charge in [-0.2, -0.15) is 0 Å². The van der Waals surface area contributed by atoms with Crippen LogP contribution < -0.4 is 15.8 Å². The molecule has 8 heteroatoms. The van der Waals surface area contributed by atoms with Crippen LogP contribution in [-0.4, -0.2) is 47.2 Å². The lowest BCUT2D eigenvalue weighted by Gasteiger charge is -2.28. The standard InChI is InChI=1S/C21H23N5O3/c27-20(24-18-9-8-15(14-22-18)26-10-12-29-13-11-26)7-3-6-19-23-17-5-2-1-4-16(17)21(28)25-19/h1-2,4-5,8-9,14H,3,6-7,10-13H2,(H,22,24,27)(H,23,25,28). The second-order valence-corrected chi connectivity index (χ2v) is 6.93. The zero-order chi connectivity index (χ0) is 20.1. The van der Waals surface area contributed by atoms with Crippen molar-refractivity contribution >= 4 is 28.3 Å². The van der Waals surface area contributed by atoms with Gasteiger partial charge in [0.05, 0.1) is 36.0 Å². The van der Waals surface area contributed by atoms with E-state index < -0.39 is 0 Å². The number of nitrogens with one attached hydrogen (secondary N) is 2. The molecule has 0 radical (unpaired) electrons. The van der Waals surface area contributed by atoms with Crippen LogP contribution >= 0.6 is 0 Å². The van der Waals surface area contributed by atoms with Crippen LogP contribution in [0, 0.1) is 0 Å². The zero-order valence-corrected chi connectivity index (χ0v) is 16.1. The van der Waals surface area contributed by atoms with Crippen molar-refractivity contribution < 1.29 is 9.53 Å². The normalized spacial score (nSPS) is 14.1. The van der Waals surface area contributed by atoms with E-state index >= 15 is 0 Å². The van der Waals surface area contributed by atoms with Gasteiger partial charge in [0.1, 0.15) is 11.6 Å². The van der Waals surface area contributed by atoms with Crippen LogP contribution in [0.3, 0.4) is 0 Å². The third-order valence-electron chi connectivity index (χ3n) is 4.87. The molecule has 0 unspecified atom stereocenters. The number of benzene rings is 1. The minimum Gasteiger partial charge on any atom is -0.378 e. The van der Waals surface area contributed by atoms with Gasteiger partial charge in [-0.3, -0.25) is 9.59 Å². The predicted octanol–water partition coefficient (Wildman–Crippen LogP) is 2.12. The molecule has 150 valence electrons. The number of anilines is 2. The number of pyridine rings is 1. The summed E-state index contributed by atoms with van der Waals surface area (Å²) in [7, 11) is 0. The van der Waals surface area contributed by atoms with E-state index in [9.17, 15) is 9.59 Å². The number of morpholine rings is 1. The molecular weight excluding hydrogens is 370 g/mol. The minimum atomic E-state index is -0.153. The quantitative estimate of drug-likeness (QED) is 0.665. The first-order chi connectivity index (χ1) is 14.2. The average molecular weight is 393 g/mol. The van der Waals surface area contributed by atoms with E-state index in [1.54, 1.807) is 12.3 Å². The fraction of sp³-hybridized carbons (Fsp3) is 0.333. The van der Waals surface area contributed by atoms with Gasteiger partial charge >= 0.3 is 0 Å². The van der Waals surface area contributed by atoms with Gasteiger partial charge in [0, 0.05) is 25.9 Å². The lowest BCUT2D eigenvalue weighted by atomic mass is 10.2. The predicted molar refractivity (Wildman–Crippen MR) is 111 cm³/mol. The van der Waals surface area contributed by atoms with Crippen molar-refractivity contribution in [1.82, 2.24) is 15.0 Å². The van der Waals surface area contributed by atoms with Gasteiger partial charge in [-0.25, -0.2) is 9.97 Å². The van der Waals surface area contributed by atoms with Crippen LogP contribution in [0.15, 0.2) is 47.4 Å². The number of rotatable bonds is 6. The summed E-state index contributed by atoms with van der Waals surface area (Å²) in [6.07, 6.45) is 3.20. The van der Waals surface area contributed by atoms with E-state index in [1.807, 2.05) is 30.3 Å². The van der Waals surface area contributed by atoms with E-state index in [-0.39, 0.29) is 11.5 Å². The molecule has 1 aliphatic heterocycles. The average Bonchev–Trinajstić information content (AvgIpc) is 2.75. The Balaban J connectivity index is 1.28. The van der Waals surface area contributed by atoms with Crippen molar-refractivity contribution in [3.63, 3.8) is 0 Å². The summed E-state index contributed by atoms with van der Waals surface area (Å²) >= 11 is 0. The number of amides is 1. The third kappa shape index (κ3) is 4.78. The molecule has 1 aliphatic rings. The molecule has 2 N–H and O–H groups in total. The van der Waals surface area contributed by atoms with E-state index in [1.165, 1.54) is 0 Å². The van der Waals surface area contributed by atoms with E-state index in [2.05, 4.69) is 25.2 Å². The number of ether oxygens (including phenoxy) is 1. The number of hydrogen-bond acceptors (Lipinski definition) is 6. The SMILES string of the molecule is O=C(CCCc1nc2ccccc2c(=O)[nH]1)Nc1ccc(N2CCOCC2)cn1. The first-order valence-electron chi connectivity index (χ1n) is 9.75. The summed E-state index contributed by atoms with van der Waals surface area (Å²) in [5.41, 5.74) is 1.54. The zero-order valence-electron chi connectivity index (χ0n) is 16.1. The van der Waals surface area contributed by atoms with Crippen LogP contribution in [0.25, 0.3) is 10.9 Å². The molecule has 0 bridgehead atoms. The summed E-state index contributed by atoms with van der Waals surface area (Å²) in [5, 5.41) is 3.38. The molecule has 1 saturated heterocycles. The first kappa shape index (κ1) is 19.1. The molecule has 1 fully saturated rings. The number of aromatic amines is 1. The second kappa shape index (κ2) is 8.83. The molecule has 4 rings (SSSR count). The highest BCUT2D eigenvalue weighted by Gasteiger charge is 2.12. The van der Waals surface area contributed by atoms with Gasteiger partial charge in [-0.05, 0) is 30.7 Å². The summed E-state index contributed by atoms with van der Waals surface area (Å²) in [5.74, 6) is 1.01. The fourth-order valence-corrected chi connectivity index (χ4v) is 3.34. The number of nitrogens with zero attached hydrogens (tertiary/aromatic N) is 3. The van der Waals surface area contributed by atoms with Gasteiger partial charge < -0.3 is 19.9 Å². The molecule has 29 heavy (non-hydrogen) atoms. The van der Waals surface area contributed by atoms with Crippen LogP contribution in [0.2, 0.25) is 0 Å². The number of fused-ring (bicyclic) bond motifs is 1. The molecule has 0 atom stereocenters. The van der Waals surface area contributed by atoms with Gasteiger partial charge in [0.15, 0.2) is 0 Å². The Kier molecular flexibility index (Phi) is 5.81. The number of hydrogen-bond donors (Lipinski definition) is 2. The number of carbonyl (C=O) groups excluding carboxylic acids is 1. The fourth-order valence-electron chi connectivity index (χ4n) is 3.34.